The summed E-state index contributed by atoms with van der Waals surface area (Å²) in [5, 5.41) is 0. The van der Waals surface area contributed by atoms with Crippen molar-refractivity contribution >= 4 is 11.9 Å². The van der Waals surface area contributed by atoms with E-state index >= 15 is 0 Å². The number of morpholine rings is 1. The Hall–Kier alpha value is -3.17. The summed E-state index contributed by atoms with van der Waals surface area (Å²) in [7, 11) is 2.90. The van der Waals surface area contributed by atoms with Crippen LogP contribution in [0.25, 0.3) is 0 Å². The van der Waals surface area contributed by atoms with Crippen LogP contribution in [0.2, 0.25) is 0 Å². The highest BCUT2D eigenvalue weighted by atomic mass is 16.5. The molecule has 9 nitrogen and oxygen atoms in total. The molecule has 1 saturated heterocycles. The predicted molar refractivity (Wildman–Crippen MR) is 120 cm³/mol. The fraction of sp³-hybridized carbons (Fsp3) is 0.435. The van der Waals surface area contributed by atoms with Crippen molar-refractivity contribution in [3.63, 3.8) is 0 Å². The second-order valence-corrected chi connectivity index (χ2v) is 7.39. The molecule has 1 fully saturated rings. The van der Waals surface area contributed by atoms with Crippen LogP contribution in [0.1, 0.15) is 16.8 Å². The summed E-state index contributed by atoms with van der Waals surface area (Å²) >= 11 is 0. The molecule has 1 aliphatic heterocycles. The van der Waals surface area contributed by atoms with Crippen molar-refractivity contribution in [2.45, 2.75) is 19.6 Å². The van der Waals surface area contributed by atoms with Crippen LogP contribution >= 0.6 is 0 Å². The van der Waals surface area contributed by atoms with E-state index in [2.05, 4.69) is 4.98 Å². The third-order valence-corrected chi connectivity index (χ3v) is 5.17. The third-order valence-electron chi connectivity index (χ3n) is 5.17. The molecular weight excluding hydrogens is 412 g/mol. The molecule has 0 bridgehead atoms. The lowest BCUT2D eigenvalue weighted by Crippen LogP contribution is -2.39. The Balaban J connectivity index is 1.82. The number of hydrogen-bond donors (Lipinski definition) is 1. The van der Waals surface area contributed by atoms with Gasteiger partial charge in [0.25, 0.3) is 5.56 Å². The number of aromatic amines is 1. The number of rotatable bonds is 10. The molecule has 32 heavy (non-hydrogen) atoms. The number of benzene rings is 1. The normalized spacial score (nSPS) is 14.0. The molecule has 1 N–H and O–H groups in total. The monoisotopic (exact) mass is 442 g/mol. The number of esters is 1. The van der Waals surface area contributed by atoms with Gasteiger partial charge in [-0.2, -0.15) is 0 Å². The SMILES string of the molecule is COCc1c(CCN(/C=C/C(=O)OC)Cc2ccccc2)nc(N2CCOCC2)[nH]c1=O. The van der Waals surface area contributed by atoms with Gasteiger partial charge >= 0.3 is 5.97 Å². The molecule has 0 radical (unpaired) electrons. The summed E-state index contributed by atoms with van der Waals surface area (Å²) < 4.78 is 15.4. The summed E-state index contributed by atoms with van der Waals surface area (Å²) in [5.41, 5.74) is 2.10. The third kappa shape index (κ3) is 6.66. The molecule has 9 heteroatoms. The van der Waals surface area contributed by atoms with Crippen LogP contribution in [0.5, 0.6) is 0 Å². The number of carbonyl (C=O) groups excluding carboxylic acids is 1. The van der Waals surface area contributed by atoms with E-state index in [1.54, 1.807) is 13.3 Å². The summed E-state index contributed by atoms with van der Waals surface area (Å²) in [6, 6.07) is 9.96. The predicted octanol–water partition coefficient (Wildman–Crippen LogP) is 1.48. The number of nitrogens with one attached hydrogen (secondary N) is 1. The minimum atomic E-state index is -0.424. The number of methoxy groups -OCH3 is 2. The first-order valence-electron chi connectivity index (χ1n) is 10.6. The second kappa shape index (κ2) is 12.0. The molecule has 172 valence electrons. The molecule has 0 saturated carbocycles. The van der Waals surface area contributed by atoms with Gasteiger partial charge in [0.1, 0.15) is 0 Å². The second-order valence-electron chi connectivity index (χ2n) is 7.39. The molecule has 0 spiro atoms. The first-order chi connectivity index (χ1) is 15.6. The highest BCUT2D eigenvalue weighted by molar-refractivity contribution is 5.81. The van der Waals surface area contributed by atoms with Crippen LogP contribution in [0, 0.1) is 0 Å². The van der Waals surface area contributed by atoms with E-state index < -0.39 is 5.97 Å². The van der Waals surface area contributed by atoms with Crippen molar-refractivity contribution in [3.8, 4) is 0 Å². The topological polar surface area (TPSA) is 97.0 Å². The highest BCUT2D eigenvalue weighted by Gasteiger charge is 2.18. The largest absolute Gasteiger partial charge is 0.466 e. The zero-order chi connectivity index (χ0) is 22.8. The van der Waals surface area contributed by atoms with E-state index in [0.29, 0.717) is 63.0 Å². The minimum absolute atomic E-state index is 0.178. The molecule has 2 aromatic rings. The van der Waals surface area contributed by atoms with Gasteiger partial charge in [-0.1, -0.05) is 30.3 Å². The summed E-state index contributed by atoms with van der Waals surface area (Å²) in [6.45, 7) is 3.88. The minimum Gasteiger partial charge on any atom is -0.466 e. The fourth-order valence-corrected chi connectivity index (χ4v) is 3.46. The van der Waals surface area contributed by atoms with Gasteiger partial charge < -0.3 is 24.0 Å². The van der Waals surface area contributed by atoms with Crippen LogP contribution in [-0.4, -0.2) is 67.9 Å². The van der Waals surface area contributed by atoms with Crippen LogP contribution in [0.15, 0.2) is 47.4 Å². The Morgan fingerprint density at radius 3 is 2.69 bits per heavy atom. The van der Waals surface area contributed by atoms with E-state index in [9.17, 15) is 9.59 Å². The molecule has 1 aromatic heterocycles. The van der Waals surface area contributed by atoms with Gasteiger partial charge in [0, 0.05) is 52.0 Å². The zero-order valence-electron chi connectivity index (χ0n) is 18.6. The van der Waals surface area contributed by atoms with Crippen molar-refractivity contribution in [2.24, 2.45) is 0 Å². The fourth-order valence-electron chi connectivity index (χ4n) is 3.46. The van der Waals surface area contributed by atoms with E-state index in [0.717, 1.165) is 5.56 Å². The van der Waals surface area contributed by atoms with Crippen molar-refractivity contribution in [3.05, 3.63) is 69.8 Å². The molecule has 1 aromatic carbocycles. The lowest BCUT2D eigenvalue weighted by molar-refractivity contribution is -0.134. The quantitative estimate of drug-likeness (QED) is 0.437. The van der Waals surface area contributed by atoms with E-state index in [4.69, 9.17) is 19.2 Å². The van der Waals surface area contributed by atoms with Crippen molar-refractivity contribution < 1.29 is 19.0 Å². The number of H-pyrrole nitrogens is 1. The molecule has 2 heterocycles. The van der Waals surface area contributed by atoms with Crippen molar-refractivity contribution in [1.29, 1.82) is 0 Å². The van der Waals surface area contributed by atoms with Crippen molar-refractivity contribution in [1.82, 2.24) is 14.9 Å². The molecule has 0 atom stereocenters. The Kier molecular flexibility index (Phi) is 8.82. The maximum absolute atomic E-state index is 12.8. The molecular formula is C23H30N4O5. The first-order valence-corrected chi connectivity index (χ1v) is 10.6. The maximum Gasteiger partial charge on any atom is 0.331 e. The number of carbonyl (C=O) groups is 1. The van der Waals surface area contributed by atoms with Gasteiger partial charge in [-0.15, -0.1) is 0 Å². The molecule has 0 amide bonds. The number of ether oxygens (including phenoxy) is 3. The van der Waals surface area contributed by atoms with Crippen LogP contribution in [0.4, 0.5) is 5.95 Å². The number of nitrogens with zero attached hydrogens (tertiary/aromatic N) is 3. The smallest absolute Gasteiger partial charge is 0.331 e. The summed E-state index contributed by atoms with van der Waals surface area (Å²) in [4.78, 5) is 36.0. The average Bonchev–Trinajstić information content (AvgIpc) is 2.83. The van der Waals surface area contributed by atoms with Gasteiger partial charge in [0.15, 0.2) is 0 Å². The van der Waals surface area contributed by atoms with Gasteiger partial charge in [-0.05, 0) is 5.56 Å². The Bertz CT molecular complexity index is 955. The molecule has 0 aliphatic carbocycles. The van der Waals surface area contributed by atoms with Gasteiger partial charge in [0.2, 0.25) is 5.95 Å². The number of anilines is 1. The lowest BCUT2D eigenvalue weighted by Gasteiger charge is -2.28. The lowest BCUT2D eigenvalue weighted by atomic mass is 10.1. The Labute approximate surface area is 187 Å². The van der Waals surface area contributed by atoms with E-state index in [-0.39, 0.29) is 12.2 Å². The summed E-state index contributed by atoms with van der Waals surface area (Å²) in [5.74, 6) is 0.125. The maximum atomic E-state index is 12.8. The van der Waals surface area contributed by atoms with Gasteiger partial charge in [-0.25, -0.2) is 9.78 Å². The number of hydrogen-bond acceptors (Lipinski definition) is 8. The van der Waals surface area contributed by atoms with Crippen molar-refractivity contribution in [2.75, 3.05) is 52.0 Å². The van der Waals surface area contributed by atoms with Crippen LogP contribution in [0.3, 0.4) is 0 Å². The van der Waals surface area contributed by atoms with Gasteiger partial charge in [-0.3, -0.25) is 9.78 Å². The van der Waals surface area contributed by atoms with E-state index in [1.807, 2.05) is 40.1 Å². The zero-order valence-corrected chi connectivity index (χ0v) is 18.6. The number of aromatic nitrogens is 2. The molecule has 1 aliphatic rings. The Morgan fingerprint density at radius 1 is 1.25 bits per heavy atom. The average molecular weight is 443 g/mol. The molecule has 0 unspecified atom stereocenters. The summed E-state index contributed by atoms with van der Waals surface area (Å²) in [6.07, 6.45) is 3.62. The molecule has 3 rings (SSSR count). The highest BCUT2D eigenvalue weighted by Crippen LogP contribution is 2.14. The Morgan fingerprint density at radius 2 is 2.00 bits per heavy atom. The first kappa shape index (κ1) is 23.5. The standard InChI is InChI=1S/C23H30N4O5/c1-30-17-19-20(24-23(25-22(19)29)27-12-14-32-15-13-27)8-10-26(11-9-21(28)31-2)16-18-6-4-3-5-7-18/h3-7,9,11H,8,10,12-17H2,1-2H3,(H,24,25,29)/b11-9+. The van der Waals surface area contributed by atoms with Crippen LogP contribution in [-0.2, 0) is 38.6 Å². The van der Waals surface area contributed by atoms with E-state index in [1.165, 1.54) is 13.2 Å². The van der Waals surface area contributed by atoms with Crippen LogP contribution < -0.4 is 10.5 Å². The van der Waals surface area contributed by atoms with Gasteiger partial charge in [0.05, 0.1) is 38.2 Å².